The molecule has 0 aliphatic heterocycles. The Balaban J connectivity index is 1.85. The zero-order chi connectivity index (χ0) is 24.1. The Morgan fingerprint density at radius 3 is 2.42 bits per heavy atom. The fourth-order valence-electron chi connectivity index (χ4n) is 3.06. The molecule has 3 rings (SSSR count). The molecule has 33 heavy (non-hydrogen) atoms. The number of carbonyl (C=O) groups is 2. The number of aryl methyl sites for hydroxylation is 1. The first-order valence-corrected chi connectivity index (χ1v) is 10.2. The summed E-state index contributed by atoms with van der Waals surface area (Å²) in [5.41, 5.74) is 13.9. The van der Waals surface area contributed by atoms with Gasteiger partial charge in [0.1, 0.15) is 11.6 Å². The van der Waals surface area contributed by atoms with Crippen LogP contribution in [0.3, 0.4) is 0 Å². The molecular formula is C24H21ClF2N4O2. The van der Waals surface area contributed by atoms with Gasteiger partial charge in [0.2, 0.25) is 5.91 Å². The standard InChI is InChI=1S/C24H21ClF2N4O2/c1-13-2-3-14(21(28)11-30-12-23(29)32)8-18(13)24(33)17-6-5-16(10-19(17)25)31-22-7-4-15(26)9-20(22)27/h2-11,30-31H,12,28H2,1H3,(H2,29,32)/b21-11-. The maximum Gasteiger partial charge on any atom is 0.236 e. The first kappa shape index (κ1) is 23.7. The molecule has 0 radical (unpaired) electrons. The van der Waals surface area contributed by atoms with Crippen LogP contribution in [0.4, 0.5) is 20.2 Å². The molecule has 3 aromatic rings. The molecule has 6 nitrogen and oxygen atoms in total. The van der Waals surface area contributed by atoms with Gasteiger partial charge in [0.25, 0.3) is 0 Å². The smallest absolute Gasteiger partial charge is 0.236 e. The minimum atomic E-state index is -0.755. The highest BCUT2D eigenvalue weighted by atomic mass is 35.5. The van der Waals surface area contributed by atoms with Gasteiger partial charge in [-0.25, -0.2) is 8.78 Å². The molecule has 0 fully saturated rings. The van der Waals surface area contributed by atoms with Gasteiger partial charge in [-0.1, -0.05) is 23.7 Å². The minimum absolute atomic E-state index is 0.0716. The molecule has 0 atom stereocenters. The van der Waals surface area contributed by atoms with Crippen LogP contribution in [0, 0.1) is 18.6 Å². The summed E-state index contributed by atoms with van der Waals surface area (Å²) in [7, 11) is 0. The second kappa shape index (κ2) is 10.1. The van der Waals surface area contributed by atoms with Gasteiger partial charge in [-0.2, -0.15) is 0 Å². The van der Waals surface area contributed by atoms with E-state index in [4.69, 9.17) is 23.1 Å². The van der Waals surface area contributed by atoms with Crippen LogP contribution in [0.2, 0.25) is 5.02 Å². The fourth-order valence-corrected chi connectivity index (χ4v) is 3.33. The lowest BCUT2D eigenvalue weighted by Gasteiger charge is -2.12. The molecular weight excluding hydrogens is 450 g/mol. The van der Waals surface area contributed by atoms with Crippen LogP contribution in [0.25, 0.3) is 5.70 Å². The van der Waals surface area contributed by atoms with Gasteiger partial charge in [-0.15, -0.1) is 0 Å². The molecule has 0 heterocycles. The Kier molecular flexibility index (Phi) is 7.30. The normalized spacial score (nSPS) is 11.2. The van der Waals surface area contributed by atoms with Gasteiger partial charge >= 0.3 is 0 Å². The third-order valence-electron chi connectivity index (χ3n) is 4.77. The molecule has 0 bridgehead atoms. The monoisotopic (exact) mass is 470 g/mol. The summed E-state index contributed by atoms with van der Waals surface area (Å²) in [5, 5.41) is 5.66. The van der Waals surface area contributed by atoms with Crippen LogP contribution in [0.5, 0.6) is 0 Å². The highest BCUT2D eigenvalue weighted by Gasteiger charge is 2.17. The van der Waals surface area contributed by atoms with Crippen molar-refractivity contribution in [2.45, 2.75) is 6.92 Å². The Morgan fingerprint density at radius 1 is 1.00 bits per heavy atom. The number of halogens is 3. The molecule has 170 valence electrons. The van der Waals surface area contributed by atoms with Gasteiger partial charge in [-0.05, 0) is 54.4 Å². The van der Waals surface area contributed by atoms with E-state index in [-0.39, 0.29) is 28.6 Å². The predicted octanol–water partition coefficient (Wildman–Crippen LogP) is 4.23. The maximum absolute atomic E-state index is 13.9. The van der Waals surface area contributed by atoms with Crippen molar-refractivity contribution >= 4 is 40.4 Å². The van der Waals surface area contributed by atoms with Gasteiger partial charge in [0.05, 0.1) is 23.0 Å². The van der Waals surface area contributed by atoms with E-state index in [9.17, 15) is 18.4 Å². The fraction of sp³-hybridized carbons (Fsp3) is 0.0833. The minimum Gasteiger partial charge on any atom is -0.397 e. The number of nitrogens with two attached hydrogens (primary N) is 2. The summed E-state index contributed by atoms with van der Waals surface area (Å²) in [4.78, 5) is 24.0. The summed E-state index contributed by atoms with van der Waals surface area (Å²) in [6.07, 6.45) is 1.44. The van der Waals surface area contributed by atoms with E-state index in [0.717, 1.165) is 12.1 Å². The van der Waals surface area contributed by atoms with Crippen molar-refractivity contribution in [2.24, 2.45) is 11.5 Å². The van der Waals surface area contributed by atoms with Gasteiger partial charge < -0.3 is 22.1 Å². The number of hydrogen-bond acceptors (Lipinski definition) is 5. The lowest BCUT2D eigenvalue weighted by Crippen LogP contribution is -2.25. The zero-order valence-corrected chi connectivity index (χ0v) is 18.3. The summed E-state index contributed by atoms with van der Waals surface area (Å²) in [6.45, 7) is 1.71. The number of hydrogen-bond donors (Lipinski definition) is 4. The molecule has 0 spiro atoms. The molecule has 1 amide bonds. The van der Waals surface area contributed by atoms with E-state index in [1.807, 2.05) is 0 Å². The Hall–Kier alpha value is -3.91. The van der Waals surface area contributed by atoms with E-state index in [1.165, 1.54) is 24.4 Å². The second-order valence-corrected chi connectivity index (χ2v) is 7.66. The lowest BCUT2D eigenvalue weighted by atomic mass is 9.96. The SMILES string of the molecule is Cc1ccc(/C(N)=C/NCC(N)=O)cc1C(=O)c1ccc(Nc2ccc(F)cc2F)cc1Cl. The largest absolute Gasteiger partial charge is 0.397 e. The number of carbonyl (C=O) groups excluding carboxylic acids is 2. The predicted molar refractivity (Wildman–Crippen MR) is 125 cm³/mol. The first-order chi connectivity index (χ1) is 15.7. The van der Waals surface area contributed by atoms with Crippen LogP contribution in [0.15, 0.2) is 60.8 Å². The highest BCUT2D eigenvalue weighted by Crippen LogP contribution is 2.28. The first-order valence-electron chi connectivity index (χ1n) is 9.80. The molecule has 0 aliphatic rings. The Labute approximate surface area is 194 Å². The van der Waals surface area contributed by atoms with Crippen molar-refractivity contribution in [1.82, 2.24) is 5.32 Å². The second-order valence-electron chi connectivity index (χ2n) is 7.25. The van der Waals surface area contributed by atoms with Crippen LogP contribution in [0.1, 0.15) is 27.0 Å². The Bertz CT molecular complexity index is 1260. The Morgan fingerprint density at radius 2 is 1.76 bits per heavy atom. The van der Waals surface area contributed by atoms with Crippen molar-refractivity contribution < 1.29 is 18.4 Å². The summed E-state index contributed by atoms with van der Waals surface area (Å²) in [5.74, 6) is -2.30. The number of rotatable bonds is 8. The molecule has 0 saturated heterocycles. The number of ketones is 1. The highest BCUT2D eigenvalue weighted by molar-refractivity contribution is 6.35. The average Bonchev–Trinajstić information content (AvgIpc) is 2.75. The number of amides is 1. The van der Waals surface area contributed by atoms with Crippen molar-refractivity contribution in [1.29, 1.82) is 0 Å². The molecule has 0 aromatic heterocycles. The van der Waals surface area contributed by atoms with E-state index in [0.29, 0.717) is 28.1 Å². The number of primary amides is 1. The van der Waals surface area contributed by atoms with E-state index in [1.54, 1.807) is 31.2 Å². The van der Waals surface area contributed by atoms with Crippen molar-refractivity contribution in [3.05, 3.63) is 99.7 Å². The summed E-state index contributed by atoms with van der Waals surface area (Å²) in [6, 6.07) is 12.9. The number of nitrogens with one attached hydrogen (secondary N) is 2. The number of benzene rings is 3. The number of anilines is 2. The lowest BCUT2D eigenvalue weighted by molar-refractivity contribution is -0.117. The third kappa shape index (κ3) is 5.87. The molecule has 6 N–H and O–H groups in total. The third-order valence-corrected chi connectivity index (χ3v) is 5.09. The summed E-state index contributed by atoms with van der Waals surface area (Å²) >= 11 is 6.35. The molecule has 9 heteroatoms. The average molecular weight is 471 g/mol. The summed E-state index contributed by atoms with van der Waals surface area (Å²) < 4.78 is 27.0. The topological polar surface area (TPSA) is 110 Å². The molecule has 3 aromatic carbocycles. The van der Waals surface area contributed by atoms with E-state index < -0.39 is 17.5 Å². The molecule has 0 saturated carbocycles. The zero-order valence-electron chi connectivity index (χ0n) is 17.6. The van der Waals surface area contributed by atoms with Crippen LogP contribution in [-0.2, 0) is 4.79 Å². The quantitative estimate of drug-likeness (QED) is 0.368. The van der Waals surface area contributed by atoms with E-state index in [2.05, 4.69) is 10.6 Å². The van der Waals surface area contributed by atoms with Crippen LogP contribution < -0.4 is 22.1 Å². The van der Waals surface area contributed by atoms with Crippen LogP contribution in [-0.4, -0.2) is 18.2 Å². The van der Waals surface area contributed by atoms with Crippen molar-refractivity contribution in [3.8, 4) is 0 Å². The van der Waals surface area contributed by atoms with Gasteiger partial charge in [-0.3, -0.25) is 9.59 Å². The molecule has 0 aliphatic carbocycles. The van der Waals surface area contributed by atoms with Crippen molar-refractivity contribution in [3.63, 3.8) is 0 Å². The van der Waals surface area contributed by atoms with Gasteiger partial charge in [0, 0.05) is 29.1 Å². The molecule has 0 unspecified atom stereocenters. The van der Waals surface area contributed by atoms with Gasteiger partial charge in [0.15, 0.2) is 5.78 Å². The van der Waals surface area contributed by atoms with E-state index >= 15 is 0 Å². The van der Waals surface area contributed by atoms with Crippen molar-refractivity contribution in [2.75, 3.05) is 11.9 Å². The van der Waals surface area contributed by atoms with Crippen LogP contribution >= 0.6 is 11.6 Å². The maximum atomic E-state index is 13.9.